The van der Waals surface area contributed by atoms with Crippen LogP contribution in [0.1, 0.15) is 31.1 Å². The van der Waals surface area contributed by atoms with Gasteiger partial charge < -0.3 is 9.88 Å². The molecule has 3 heterocycles. The van der Waals surface area contributed by atoms with E-state index in [9.17, 15) is 4.79 Å². The van der Waals surface area contributed by atoms with E-state index in [1.165, 1.54) is 6.33 Å². The molecule has 0 aromatic carbocycles. The monoisotopic (exact) mass is 327 g/mol. The van der Waals surface area contributed by atoms with Crippen molar-refractivity contribution in [2.24, 2.45) is 5.92 Å². The van der Waals surface area contributed by atoms with Crippen molar-refractivity contribution in [2.75, 3.05) is 0 Å². The van der Waals surface area contributed by atoms with Gasteiger partial charge in [0.2, 0.25) is 0 Å². The van der Waals surface area contributed by atoms with Crippen molar-refractivity contribution in [1.29, 1.82) is 0 Å². The molecule has 8 heteroatoms. The predicted octanol–water partition coefficient (Wildman–Crippen LogP) is 1.50. The van der Waals surface area contributed by atoms with E-state index in [1.807, 2.05) is 11.5 Å². The van der Waals surface area contributed by atoms with Gasteiger partial charge in [-0.15, -0.1) is 0 Å². The van der Waals surface area contributed by atoms with E-state index in [0.29, 0.717) is 18.0 Å². The molecule has 0 aliphatic rings. The molecular formula is C16H21N7O. The lowest BCUT2D eigenvalue weighted by atomic mass is 10.2. The molecule has 0 aliphatic heterocycles. The van der Waals surface area contributed by atoms with Crippen LogP contribution in [0, 0.1) is 5.92 Å². The van der Waals surface area contributed by atoms with Crippen LogP contribution < -0.4 is 5.32 Å². The Hall–Kier alpha value is -2.77. The number of nitrogens with one attached hydrogen (secondary N) is 1. The van der Waals surface area contributed by atoms with E-state index in [1.54, 1.807) is 29.6 Å². The summed E-state index contributed by atoms with van der Waals surface area (Å²) in [7, 11) is 0. The van der Waals surface area contributed by atoms with Crippen LogP contribution >= 0.6 is 0 Å². The van der Waals surface area contributed by atoms with E-state index in [-0.39, 0.29) is 11.9 Å². The first-order valence-electron chi connectivity index (χ1n) is 7.97. The maximum atomic E-state index is 12.4. The van der Waals surface area contributed by atoms with Crippen LogP contribution in [0.3, 0.4) is 0 Å². The largest absolute Gasteiger partial charge is 0.348 e. The number of amides is 1. The Bertz CT molecular complexity index is 822. The zero-order chi connectivity index (χ0) is 17.1. The first kappa shape index (κ1) is 16.1. The maximum absolute atomic E-state index is 12.4. The lowest BCUT2D eigenvalue weighted by Crippen LogP contribution is -2.35. The molecule has 0 spiro atoms. The quantitative estimate of drug-likeness (QED) is 0.741. The molecule has 0 radical (unpaired) electrons. The fraction of sp³-hybridized carbons (Fsp3) is 0.438. The zero-order valence-corrected chi connectivity index (χ0v) is 14.0. The van der Waals surface area contributed by atoms with Crippen molar-refractivity contribution in [3.05, 3.63) is 36.8 Å². The van der Waals surface area contributed by atoms with Gasteiger partial charge in [0.05, 0.1) is 18.4 Å². The zero-order valence-electron chi connectivity index (χ0n) is 14.0. The van der Waals surface area contributed by atoms with Crippen molar-refractivity contribution < 1.29 is 4.79 Å². The Kier molecular flexibility index (Phi) is 4.54. The highest BCUT2D eigenvalue weighted by Gasteiger charge is 2.13. The molecular weight excluding hydrogens is 306 g/mol. The number of imidazole rings is 1. The Morgan fingerprint density at radius 2 is 2.04 bits per heavy atom. The van der Waals surface area contributed by atoms with Crippen LogP contribution in [0.4, 0.5) is 0 Å². The molecule has 0 aliphatic carbocycles. The highest BCUT2D eigenvalue weighted by molar-refractivity contribution is 5.96. The van der Waals surface area contributed by atoms with Gasteiger partial charge in [0.15, 0.2) is 5.65 Å². The van der Waals surface area contributed by atoms with Gasteiger partial charge in [0, 0.05) is 18.8 Å². The summed E-state index contributed by atoms with van der Waals surface area (Å²) in [5.41, 5.74) is 2.03. The molecule has 1 N–H and O–H groups in total. The Morgan fingerprint density at radius 1 is 1.21 bits per heavy atom. The number of rotatable bonds is 6. The summed E-state index contributed by atoms with van der Waals surface area (Å²) in [6, 6.07) is 1.70. The topological polar surface area (TPSA) is 90.5 Å². The van der Waals surface area contributed by atoms with Gasteiger partial charge in [-0.05, 0) is 18.9 Å². The molecule has 0 fully saturated rings. The third-order valence-electron chi connectivity index (χ3n) is 3.58. The lowest BCUT2D eigenvalue weighted by Gasteiger charge is -2.13. The summed E-state index contributed by atoms with van der Waals surface area (Å²) in [6.45, 7) is 7.62. The summed E-state index contributed by atoms with van der Waals surface area (Å²) in [6.07, 6.45) is 6.46. The number of fused-ring (bicyclic) bond motifs is 1. The molecule has 1 unspecified atom stereocenters. The summed E-state index contributed by atoms with van der Waals surface area (Å²) < 4.78 is 3.69. The lowest BCUT2D eigenvalue weighted by molar-refractivity contribution is 0.0935. The Balaban J connectivity index is 1.70. The van der Waals surface area contributed by atoms with Gasteiger partial charge >= 0.3 is 0 Å². The number of carbonyl (C=O) groups excluding carboxylic acids is 1. The predicted molar refractivity (Wildman–Crippen MR) is 89.3 cm³/mol. The van der Waals surface area contributed by atoms with E-state index >= 15 is 0 Å². The Labute approximate surface area is 139 Å². The number of aromatic nitrogens is 6. The van der Waals surface area contributed by atoms with E-state index in [0.717, 1.165) is 17.7 Å². The van der Waals surface area contributed by atoms with Gasteiger partial charge in [-0.3, -0.25) is 9.48 Å². The molecule has 1 amide bonds. The fourth-order valence-corrected chi connectivity index (χ4v) is 2.56. The van der Waals surface area contributed by atoms with Crippen molar-refractivity contribution in [3.63, 3.8) is 0 Å². The molecule has 0 saturated carbocycles. The third-order valence-corrected chi connectivity index (χ3v) is 3.58. The molecule has 0 saturated heterocycles. The summed E-state index contributed by atoms with van der Waals surface area (Å²) in [5, 5.41) is 6.97. The van der Waals surface area contributed by atoms with Crippen LogP contribution in [-0.2, 0) is 13.1 Å². The van der Waals surface area contributed by atoms with E-state index in [4.69, 9.17) is 0 Å². The normalized spacial score (nSPS) is 12.7. The third kappa shape index (κ3) is 3.58. The summed E-state index contributed by atoms with van der Waals surface area (Å²) in [5.74, 6) is 0.334. The molecule has 3 aromatic heterocycles. The maximum Gasteiger partial charge on any atom is 0.253 e. The number of hydrogen-bond acceptors (Lipinski definition) is 5. The Morgan fingerprint density at radius 3 is 2.75 bits per heavy atom. The van der Waals surface area contributed by atoms with Crippen LogP contribution in [0.5, 0.6) is 0 Å². The van der Waals surface area contributed by atoms with Crippen LogP contribution in [-0.4, -0.2) is 41.2 Å². The standard InChI is InChI=1S/C16H21N7O/c1-11(2)6-22-10-19-14-4-13(5-18-15(14)22)16(24)21-12(3)7-23-9-17-8-20-23/h4-5,8-12H,6-7H2,1-3H3,(H,21,24). The summed E-state index contributed by atoms with van der Waals surface area (Å²) >= 11 is 0. The van der Waals surface area contributed by atoms with Crippen LogP contribution in [0.2, 0.25) is 0 Å². The fourth-order valence-electron chi connectivity index (χ4n) is 2.56. The first-order chi connectivity index (χ1) is 11.5. The van der Waals surface area contributed by atoms with E-state index in [2.05, 4.69) is 39.2 Å². The van der Waals surface area contributed by atoms with Crippen LogP contribution in [0.25, 0.3) is 11.2 Å². The minimum Gasteiger partial charge on any atom is -0.348 e. The van der Waals surface area contributed by atoms with Crippen molar-refractivity contribution in [3.8, 4) is 0 Å². The van der Waals surface area contributed by atoms with Gasteiger partial charge in [-0.25, -0.2) is 15.0 Å². The number of carbonyl (C=O) groups is 1. The van der Waals surface area contributed by atoms with Crippen LogP contribution in [0.15, 0.2) is 31.2 Å². The van der Waals surface area contributed by atoms with Gasteiger partial charge in [0.25, 0.3) is 5.91 Å². The van der Waals surface area contributed by atoms with Crippen molar-refractivity contribution >= 4 is 17.1 Å². The molecule has 1 atom stereocenters. The highest BCUT2D eigenvalue weighted by Crippen LogP contribution is 2.13. The second-order valence-electron chi connectivity index (χ2n) is 6.35. The van der Waals surface area contributed by atoms with Gasteiger partial charge in [-0.1, -0.05) is 13.8 Å². The number of pyridine rings is 1. The molecule has 0 bridgehead atoms. The van der Waals surface area contributed by atoms with Crippen molar-refractivity contribution in [1.82, 2.24) is 34.6 Å². The smallest absolute Gasteiger partial charge is 0.253 e. The average Bonchev–Trinajstić information content (AvgIpc) is 3.16. The summed E-state index contributed by atoms with van der Waals surface area (Å²) in [4.78, 5) is 25.0. The molecule has 126 valence electrons. The molecule has 8 nitrogen and oxygen atoms in total. The SMILES string of the molecule is CC(C)Cn1cnc2cc(C(=O)NC(C)Cn3cncn3)cnc21. The average molecular weight is 327 g/mol. The van der Waals surface area contributed by atoms with E-state index < -0.39 is 0 Å². The van der Waals surface area contributed by atoms with Gasteiger partial charge in [-0.2, -0.15) is 5.10 Å². The minimum absolute atomic E-state index is 0.0756. The van der Waals surface area contributed by atoms with Gasteiger partial charge in [0.1, 0.15) is 18.2 Å². The second kappa shape index (κ2) is 6.77. The molecule has 24 heavy (non-hydrogen) atoms. The van der Waals surface area contributed by atoms with Crippen molar-refractivity contribution in [2.45, 2.75) is 39.9 Å². The minimum atomic E-state index is -0.171. The first-order valence-corrected chi connectivity index (χ1v) is 7.97. The molecule has 3 rings (SSSR count). The number of nitrogens with zero attached hydrogens (tertiary/aromatic N) is 6. The molecule has 3 aromatic rings. The highest BCUT2D eigenvalue weighted by atomic mass is 16.1. The second-order valence-corrected chi connectivity index (χ2v) is 6.35. The number of hydrogen-bond donors (Lipinski definition) is 1.